The van der Waals surface area contributed by atoms with E-state index in [9.17, 15) is 4.21 Å². The molecule has 1 nitrogen and oxygen atoms in total. The lowest BCUT2D eigenvalue weighted by Gasteiger charge is -2.10. The SMILES string of the molecule is CCCCCCCCC[SH](C)(C)=O. The molecule has 0 aromatic carbocycles. The van der Waals surface area contributed by atoms with E-state index in [2.05, 4.69) is 6.92 Å². The van der Waals surface area contributed by atoms with Crippen LogP contribution in [0, 0.1) is 0 Å². The Morgan fingerprint density at radius 2 is 1.31 bits per heavy atom. The molecule has 0 aliphatic heterocycles. The van der Waals surface area contributed by atoms with Crippen molar-refractivity contribution in [2.75, 3.05) is 18.3 Å². The summed E-state index contributed by atoms with van der Waals surface area (Å²) >= 11 is 0. The van der Waals surface area contributed by atoms with Gasteiger partial charge in [-0.25, -0.2) is 0 Å². The molecule has 0 atom stereocenters. The van der Waals surface area contributed by atoms with Crippen molar-refractivity contribution in [3.05, 3.63) is 0 Å². The van der Waals surface area contributed by atoms with E-state index in [0.717, 1.165) is 12.2 Å². The average molecular weight is 206 g/mol. The minimum absolute atomic E-state index is 0.945. The third kappa shape index (κ3) is 12.1. The van der Waals surface area contributed by atoms with Gasteiger partial charge in [-0.15, -0.1) is 9.93 Å². The standard InChI is InChI=1S/C11H26OS/c1-4-5-6-7-8-9-10-11-13(2,3)12/h13H,4-11H2,1-3H3. The van der Waals surface area contributed by atoms with Crippen molar-refractivity contribution in [1.29, 1.82) is 0 Å². The van der Waals surface area contributed by atoms with Gasteiger partial charge in [-0.3, -0.25) is 4.21 Å². The highest BCUT2D eigenvalue weighted by atomic mass is 32.2. The van der Waals surface area contributed by atoms with E-state index in [1.807, 2.05) is 12.5 Å². The van der Waals surface area contributed by atoms with Crippen LogP contribution in [0.5, 0.6) is 0 Å². The number of hydrogen-bond acceptors (Lipinski definition) is 1. The molecular formula is C11H26OS. The largest absolute Gasteiger partial charge is 0.285 e. The maximum Gasteiger partial charge on any atom is 0.000767 e. The maximum absolute atomic E-state index is 11.3. The molecule has 0 aliphatic rings. The molecule has 13 heavy (non-hydrogen) atoms. The number of thiol groups is 1. The second-order valence-electron chi connectivity index (χ2n) is 4.42. The molecule has 2 heteroatoms. The summed E-state index contributed by atoms with van der Waals surface area (Å²) < 4.78 is 11.3. The van der Waals surface area contributed by atoms with Crippen molar-refractivity contribution in [2.45, 2.75) is 51.9 Å². The lowest BCUT2D eigenvalue weighted by molar-refractivity contribution is 0.600. The van der Waals surface area contributed by atoms with Crippen LogP contribution >= 0.6 is 0 Å². The Bertz CT molecular complexity index is 148. The molecule has 0 rings (SSSR count). The van der Waals surface area contributed by atoms with E-state index in [-0.39, 0.29) is 0 Å². The average Bonchev–Trinajstić information content (AvgIpc) is 2.01. The Morgan fingerprint density at radius 3 is 1.77 bits per heavy atom. The van der Waals surface area contributed by atoms with Gasteiger partial charge in [0.05, 0.1) is 0 Å². The smallest absolute Gasteiger partial charge is 0.000767 e. The van der Waals surface area contributed by atoms with Gasteiger partial charge in [-0.1, -0.05) is 45.4 Å². The van der Waals surface area contributed by atoms with E-state index in [1.165, 1.54) is 38.5 Å². The van der Waals surface area contributed by atoms with Gasteiger partial charge in [0, 0.05) is 5.75 Å². The summed E-state index contributed by atoms with van der Waals surface area (Å²) in [7, 11) is -1.73. The fourth-order valence-electron chi connectivity index (χ4n) is 1.45. The van der Waals surface area contributed by atoms with Crippen LogP contribution < -0.4 is 0 Å². The van der Waals surface area contributed by atoms with Crippen molar-refractivity contribution in [3.8, 4) is 0 Å². The van der Waals surface area contributed by atoms with Crippen LogP contribution in [-0.2, 0) is 9.93 Å². The van der Waals surface area contributed by atoms with Crippen molar-refractivity contribution in [2.24, 2.45) is 0 Å². The van der Waals surface area contributed by atoms with E-state index in [0.29, 0.717) is 0 Å². The lowest BCUT2D eigenvalue weighted by atomic mass is 10.1. The summed E-state index contributed by atoms with van der Waals surface area (Å²) in [4.78, 5) is 0. The normalized spacial score (nSPS) is 13.2. The zero-order valence-corrected chi connectivity index (χ0v) is 10.4. The van der Waals surface area contributed by atoms with Crippen LogP contribution in [0.4, 0.5) is 0 Å². The summed E-state index contributed by atoms with van der Waals surface area (Å²) in [6, 6.07) is 0. The number of unbranched alkanes of at least 4 members (excludes halogenated alkanes) is 6. The summed E-state index contributed by atoms with van der Waals surface area (Å²) in [6.07, 6.45) is 13.0. The molecule has 0 fully saturated rings. The van der Waals surface area contributed by atoms with Crippen LogP contribution in [0.1, 0.15) is 51.9 Å². The zero-order chi connectivity index (χ0) is 10.2. The highest BCUT2D eigenvalue weighted by Gasteiger charge is 1.99. The van der Waals surface area contributed by atoms with Crippen molar-refractivity contribution in [1.82, 2.24) is 0 Å². The summed E-state index contributed by atoms with van der Waals surface area (Å²) in [5.74, 6) is 0.945. The van der Waals surface area contributed by atoms with Gasteiger partial charge < -0.3 is 0 Å². The first-order valence-electron chi connectivity index (χ1n) is 5.60. The van der Waals surface area contributed by atoms with Crippen LogP contribution in [-0.4, -0.2) is 22.5 Å². The predicted octanol–water partition coefficient (Wildman–Crippen LogP) is 3.01. The molecule has 0 aliphatic carbocycles. The fourth-order valence-corrected chi connectivity index (χ4v) is 2.43. The predicted molar refractivity (Wildman–Crippen MR) is 64.2 cm³/mol. The molecule has 0 spiro atoms. The van der Waals surface area contributed by atoms with Crippen molar-refractivity contribution in [3.63, 3.8) is 0 Å². The summed E-state index contributed by atoms with van der Waals surface area (Å²) in [5.41, 5.74) is 0. The van der Waals surface area contributed by atoms with Gasteiger partial charge in [0.1, 0.15) is 0 Å². The van der Waals surface area contributed by atoms with E-state index < -0.39 is 9.93 Å². The van der Waals surface area contributed by atoms with E-state index >= 15 is 0 Å². The minimum Gasteiger partial charge on any atom is -0.285 e. The van der Waals surface area contributed by atoms with Crippen LogP contribution in [0.2, 0.25) is 0 Å². The Hall–Kier alpha value is 0.150. The molecule has 0 saturated carbocycles. The van der Waals surface area contributed by atoms with Crippen LogP contribution in [0.3, 0.4) is 0 Å². The second kappa shape index (κ2) is 7.54. The highest BCUT2D eigenvalue weighted by Crippen LogP contribution is 2.08. The van der Waals surface area contributed by atoms with E-state index in [1.54, 1.807) is 0 Å². The molecule has 0 N–H and O–H groups in total. The topological polar surface area (TPSA) is 17.1 Å². The fraction of sp³-hybridized carbons (Fsp3) is 1.00. The lowest BCUT2D eigenvalue weighted by Crippen LogP contribution is -2.11. The molecule has 0 saturated heterocycles. The van der Waals surface area contributed by atoms with E-state index in [4.69, 9.17) is 0 Å². The van der Waals surface area contributed by atoms with Gasteiger partial charge in [0.15, 0.2) is 0 Å². The monoisotopic (exact) mass is 206 g/mol. The number of rotatable bonds is 8. The Balaban J connectivity index is 3.04. The third-order valence-corrected chi connectivity index (χ3v) is 3.69. The van der Waals surface area contributed by atoms with Crippen LogP contribution in [0.25, 0.3) is 0 Å². The first-order chi connectivity index (χ1) is 6.06. The maximum atomic E-state index is 11.3. The second-order valence-corrected chi connectivity index (χ2v) is 8.01. The molecule has 0 amide bonds. The Morgan fingerprint density at radius 1 is 0.846 bits per heavy atom. The van der Waals surface area contributed by atoms with Gasteiger partial charge >= 0.3 is 0 Å². The van der Waals surface area contributed by atoms with Gasteiger partial charge in [-0.05, 0) is 18.9 Å². The minimum atomic E-state index is -1.73. The number of hydrogen-bond donors (Lipinski definition) is 1. The molecule has 0 aromatic rings. The Kier molecular flexibility index (Phi) is 7.63. The molecule has 0 aromatic heterocycles. The molecule has 82 valence electrons. The van der Waals surface area contributed by atoms with Crippen molar-refractivity contribution < 1.29 is 4.21 Å². The van der Waals surface area contributed by atoms with Crippen molar-refractivity contribution >= 4 is 9.93 Å². The first-order valence-corrected chi connectivity index (χ1v) is 8.39. The van der Waals surface area contributed by atoms with Gasteiger partial charge in [0.25, 0.3) is 0 Å². The zero-order valence-electron chi connectivity index (χ0n) is 9.51. The molecular weight excluding hydrogens is 180 g/mol. The summed E-state index contributed by atoms with van der Waals surface area (Å²) in [5, 5.41) is 0. The summed E-state index contributed by atoms with van der Waals surface area (Å²) in [6.45, 7) is 2.24. The molecule has 0 unspecified atom stereocenters. The van der Waals surface area contributed by atoms with Gasteiger partial charge in [0.2, 0.25) is 0 Å². The third-order valence-electron chi connectivity index (χ3n) is 2.30. The highest BCUT2D eigenvalue weighted by molar-refractivity contribution is 8.01. The van der Waals surface area contributed by atoms with Crippen LogP contribution in [0.15, 0.2) is 0 Å². The molecule has 0 radical (unpaired) electrons. The Labute approximate surface area is 84.7 Å². The van der Waals surface area contributed by atoms with Gasteiger partial charge in [-0.2, -0.15) is 0 Å². The quantitative estimate of drug-likeness (QED) is 0.477. The molecule has 0 heterocycles. The first kappa shape index (κ1) is 13.2. The molecule has 0 bridgehead atoms.